The maximum Gasteiger partial charge on any atom is 0.327 e. The fraction of sp³-hybridized carbons (Fsp3) is 0.471. The largest absolute Gasteiger partial charge is 0.385 e. The van der Waals surface area contributed by atoms with Crippen LogP contribution in [0.3, 0.4) is 0 Å². The Kier molecular flexibility index (Phi) is 9.23. The quantitative estimate of drug-likeness (QED) is 0.213. The number of hydrogen-bond acceptors (Lipinski definition) is 3. The molecule has 4 nitrogen and oxygen atoms in total. The molecule has 0 bridgehead atoms. The molecule has 1 N–H and O–H groups in total. The van der Waals surface area contributed by atoms with Crippen LogP contribution >= 0.6 is 7.60 Å². The van der Waals surface area contributed by atoms with E-state index in [1.807, 2.05) is 0 Å². The fourth-order valence-corrected chi connectivity index (χ4v) is 7.13. The highest BCUT2D eigenvalue weighted by molar-refractivity contribution is 7.52. The number of benzene rings is 2. The highest BCUT2D eigenvalue weighted by Gasteiger charge is 2.41. The average molecular weight is 549 g/mol. The lowest BCUT2D eigenvalue weighted by Crippen LogP contribution is -2.17. The Hall–Kier alpha value is -2.23. The predicted octanol–water partition coefficient (Wildman–Crippen LogP) is 8.72. The van der Waals surface area contributed by atoms with Crippen LogP contribution in [-0.2, 0) is 24.7 Å². The van der Waals surface area contributed by atoms with Crippen LogP contribution in [0.2, 0.25) is 0 Å². The van der Waals surface area contributed by atoms with E-state index in [4.69, 9.17) is 9.26 Å². The Balaban J connectivity index is 1.65. The number of hydrogen-bond donors (Lipinski definition) is 1. The molecule has 0 aliphatic heterocycles. The predicted molar refractivity (Wildman–Crippen MR) is 162 cm³/mol. The van der Waals surface area contributed by atoms with Crippen LogP contribution in [0.25, 0.3) is 5.57 Å². The van der Waals surface area contributed by atoms with Crippen LogP contribution in [0, 0.1) is 0 Å². The van der Waals surface area contributed by atoms with Crippen molar-refractivity contribution in [3.05, 3.63) is 100 Å². The molecule has 2 aliphatic carbocycles. The SMILES string of the molecule is CCP(=O)(O)OCCCC1/C(=C/C=C/C2=C(CCCOC)c3ccccc3C2(C)C)C(C)(C)c2ccccc21. The topological polar surface area (TPSA) is 55.8 Å². The van der Waals surface area contributed by atoms with Crippen LogP contribution in [0.1, 0.15) is 88.5 Å². The molecule has 39 heavy (non-hydrogen) atoms. The summed E-state index contributed by atoms with van der Waals surface area (Å²) in [5.41, 5.74) is 9.53. The standard InChI is InChI=1S/C34H45O4P/c1-7-39(35,36)38-24-14-18-28-26-16-9-11-20-30(26)34(4,5)32(28)22-12-21-31-27(17-13-23-37-6)25-15-8-10-19-29(25)33(31,2)3/h8-12,15-16,19-22,28H,7,13-14,17-18,23-24H2,1-6H3,(H,35,36)/b21-12+,32-22-. The second-order valence-electron chi connectivity index (χ2n) is 11.8. The Morgan fingerprint density at radius 2 is 1.64 bits per heavy atom. The minimum atomic E-state index is -3.46. The Morgan fingerprint density at radius 1 is 0.949 bits per heavy atom. The van der Waals surface area contributed by atoms with Crippen molar-refractivity contribution in [3.8, 4) is 0 Å². The lowest BCUT2D eigenvalue weighted by atomic mass is 9.79. The molecule has 2 unspecified atom stereocenters. The molecule has 210 valence electrons. The summed E-state index contributed by atoms with van der Waals surface area (Å²) in [6.45, 7) is 12.0. The van der Waals surface area contributed by atoms with Gasteiger partial charge in [-0.25, -0.2) is 0 Å². The summed E-state index contributed by atoms with van der Waals surface area (Å²) in [6, 6.07) is 17.5. The summed E-state index contributed by atoms with van der Waals surface area (Å²) >= 11 is 0. The number of rotatable bonds is 12. The number of methoxy groups -OCH3 is 1. The third-order valence-corrected chi connectivity index (χ3v) is 10.1. The van der Waals surface area contributed by atoms with Crippen molar-refractivity contribution in [3.63, 3.8) is 0 Å². The second kappa shape index (κ2) is 12.1. The van der Waals surface area contributed by atoms with E-state index in [-0.39, 0.29) is 22.9 Å². The first-order valence-corrected chi connectivity index (χ1v) is 16.1. The first-order valence-electron chi connectivity index (χ1n) is 14.3. The van der Waals surface area contributed by atoms with E-state index in [0.717, 1.165) is 32.3 Å². The summed E-state index contributed by atoms with van der Waals surface area (Å²) in [4.78, 5) is 9.83. The molecule has 0 saturated heterocycles. The van der Waals surface area contributed by atoms with Crippen molar-refractivity contribution in [1.82, 2.24) is 0 Å². The molecule has 2 aromatic rings. The van der Waals surface area contributed by atoms with Gasteiger partial charge in [0.05, 0.1) is 6.61 Å². The lowest BCUT2D eigenvalue weighted by Gasteiger charge is -2.25. The van der Waals surface area contributed by atoms with Crippen molar-refractivity contribution in [2.24, 2.45) is 0 Å². The minimum absolute atomic E-state index is 0.0591. The van der Waals surface area contributed by atoms with Gasteiger partial charge in [0, 0.05) is 36.6 Å². The highest BCUT2D eigenvalue weighted by atomic mass is 31.2. The summed E-state index contributed by atoms with van der Waals surface area (Å²) in [6.07, 6.45) is 10.7. The first kappa shape index (κ1) is 29.7. The van der Waals surface area contributed by atoms with E-state index in [0.29, 0.717) is 6.61 Å². The maximum absolute atomic E-state index is 12.0. The molecule has 0 aromatic heterocycles. The van der Waals surface area contributed by atoms with E-state index >= 15 is 0 Å². The minimum Gasteiger partial charge on any atom is -0.385 e. The zero-order valence-electron chi connectivity index (χ0n) is 24.5. The zero-order chi connectivity index (χ0) is 28.3. The fourth-order valence-electron chi connectivity index (χ4n) is 6.53. The van der Waals surface area contributed by atoms with Crippen LogP contribution in [-0.4, -0.2) is 31.4 Å². The van der Waals surface area contributed by atoms with Gasteiger partial charge in [0.2, 0.25) is 0 Å². The molecule has 0 saturated carbocycles. The van der Waals surface area contributed by atoms with Crippen LogP contribution < -0.4 is 0 Å². The van der Waals surface area contributed by atoms with Crippen LogP contribution in [0.4, 0.5) is 0 Å². The van der Waals surface area contributed by atoms with Gasteiger partial charge in [-0.1, -0.05) is 107 Å². The van der Waals surface area contributed by atoms with Gasteiger partial charge in [-0.15, -0.1) is 0 Å². The van der Waals surface area contributed by atoms with Gasteiger partial charge >= 0.3 is 7.60 Å². The van der Waals surface area contributed by atoms with Crippen LogP contribution in [0.5, 0.6) is 0 Å². The molecular weight excluding hydrogens is 503 g/mol. The third kappa shape index (κ3) is 6.10. The van der Waals surface area contributed by atoms with Crippen molar-refractivity contribution >= 4 is 13.2 Å². The Morgan fingerprint density at radius 3 is 2.36 bits per heavy atom. The molecule has 2 aromatic carbocycles. The molecule has 0 fully saturated rings. The normalized spacial score (nSPS) is 21.9. The van der Waals surface area contributed by atoms with E-state index in [1.165, 1.54) is 39.0 Å². The van der Waals surface area contributed by atoms with Gasteiger partial charge in [0.15, 0.2) is 0 Å². The number of allylic oxidation sites excluding steroid dienone is 6. The number of ether oxygens (including phenoxy) is 1. The van der Waals surface area contributed by atoms with Crippen molar-refractivity contribution in [1.29, 1.82) is 0 Å². The Labute approximate surface area is 235 Å². The van der Waals surface area contributed by atoms with Gasteiger partial charge < -0.3 is 14.2 Å². The number of fused-ring (bicyclic) bond motifs is 2. The second-order valence-corrected chi connectivity index (χ2v) is 14.0. The maximum atomic E-state index is 12.0. The zero-order valence-corrected chi connectivity index (χ0v) is 25.4. The molecule has 2 atom stereocenters. The molecule has 5 heteroatoms. The van der Waals surface area contributed by atoms with Gasteiger partial charge in [0.1, 0.15) is 0 Å². The molecule has 0 spiro atoms. The van der Waals surface area contributed by atoms with E-state index in [2.05, 4.69) is 94.5 Å². The highest BCUT2D eigenvalue weighted by Crippen LogP contribution is 2.52. The smallest absolute Gasteiger partial charge is 0.327 e. The van der Waals surface area contributed by atoms with Crippen LogP contribution in [0.15, 0.2) is 77.9 Å². The third-order valence-electron chi connectivity index (χ3n) is 8.67. The summed E-state index contributed by atoms with van der Waals surface area (Å²) in [7, 11) is -1.70. The molecule has 0 heterocycles. The Bertz CT molecular complexity index is 1310. The summed E-state index contributed by atoms with van der Waals surface area (Å²) in [5, 5.41) is 0. The van der Waals surface area contributed by atoms with Gasteiger partial charge in [0.25, 0.3) is 0 Å². The van der Waals surface area contributed by atoms with Crippen molar-refractivity contribution < 1.29 is 18.7 Å². The van der Waals surface area contributed by atoms with Gasteiger partial charge in [-0.05, 0) is 59.1 Å². The van der Waals surface area contributed by atoms with E-state index in [1.54, 1.807) is 14.0 Å². The summed E-state index contributed by atoms with van der Waals surface area (Å²) in [5.74, 6) is 0.257. The van der Waals surface area contributed by atoms with Gasteiger partial charge in [-0.3, -0.25) is 4.57 Å². The van der Waals surface area contributed by atoms with E-state index in [9.17, 15) is 9.46 Å². The van der Waals surface area contributed by atoms with Crippen molar-refractivity contribution in [2.75, 3.05) is 26.5 Å². The van der Waals surface area contributed by atoms with Crippen molar-refractivity contribution in [2.45, 2.75) is 77.0 Å². The molecule has 0 radical (unpaired) electrons. The molecule has 0 amide bonds. The molecule has 2 aliphatic rings. The monoisotopic (exact) mass is 548 g/mol. The first-order chi connectivity index (χ1) is 18.5. The van der Waals surface area contributed by atoms with Gasteiger partial charge in [-0.2, -0.15) is 0 Å². The average Bonchev–Trinajstić information content (AvgIpc) is 3.26. The molecular formula is C34H45O4P. The van der Waals surface area contributed by atoms with E-state index < -0.39 is 7.60 Å². The molecule has 4 rings (SSSR count). The summed E-state index contributed by atoms with van der Waals surface area (Å²) < 4.78 is 22.7. The lowest BCUT2D eigenvalue weighted by molar-refractivity contribution is 0.196.